The Morgan fingerprint density at radius 1 is 1.71 bits per heavy atom. The van der Waals surface area contributed by atoms with E-state index in [1.165, 1.54) is 6.20 Å². The number of rotatable bonds is 4. The number of hydrogen-bond donors (Lipinski definition) is 2. The van der Waals surface area contributed by atoms with Crippen molar-refractivity contribution in [3.05, 3.63) is 11.9 Å². The highest BCUT2D eigenvalue weighted by Gasteiger charge is 2.33. The van der Waals surface area contributed by atoms with Gasteiger partial charge in [0.15, 0.2) is 5.69 Å². The second-order valence-electron chi connectivity index (χ2n) is 3.31. The number of amides is 1. The monoisotopic (exact) mass is 196 g/mol. The molecule has 0 bridgehead atoms. The first-order valence-electron chi connectivity index (χ1n) is 4.60. The summed E-state index contributed by atoms with van der Waals surface area (Å²) in [5, 5.41) is 18.5. The second-order valence-corrected chi connectivity index (χ2v) is 3.31. The fraction of sp³-hybridized carbons (Fsp3) is 0.625. The highest BCUT2D eigenvalue weighted by atomic mass is 16.3. The lowest BCUT2D eigenvalue weighted by Gasteiger charge is -2.19. The van der Waals surface area contributed by atoms with Crippen molar-refractivity contribution in [2.24, 2.45) is 0 Å². The normalized spacial score (nSPS) is 15.5. The number of H-pyrrole nitrogens is 1. The first-order valence-corrected chi connectivity index (χ1v) is 4.60. The van der Waals surface area contributed by atoms with E-state index in [0.29, 0.717) is 12.2 Å². The number of carbonyl (C=O) groups is 1. The molecule has 0 atom stereocenters. The van der Waals surface area contributed by atoms with Crippen LogP contribution in [0.2, 0.25) is 0 Å². The standard InChI is InChI=1S/C8H12N4O2/c13-4-3-12(6-1-2-6)8(14)7-5-9-11-10-7/h5-6,13H,1-4H2,(H,9,10,11). The Kier molecular flexibility index (Phi) is 2.45. The van der Waals surface area contributed by atoms with Crippen molar-refractivity contribution in [3.8, 4) is 0 Å². The van der Waals surface area contributed by atoms with Crippen LogP contribution in [0.4, 0.5) is 0 Å². The summed E-state index contributed by atoms with van der Waals surface area (Å²) in [6.07, 6.45) is 3.43. The van der Waals surface area contributed by atoms with Gasteiger partial charge < -0.3 is 10.0 Å². The van der Waals surface area contributed by atoms with Crippen LogP contribution in [0.25, 0.3) is 0 Å². The van der Waals surface area contributed by atoms with E-state index in [2.05, 4.69) is 15.4 Å². The number of aliphatic hydroxyl groups excluding tert-OH is 1. The molecule has 1 aromatic heterocycles. The number of carbonyl (C=O) groups excluding carboxylic acids is 1. The molecular formula is C8H12N4O2. The minimum Gasteiger partial charge on any atom is -0.395 e. The number of nitrogens with zero attached hydrogens (tertiary/aromatic N) is 3. The molecule has 1 aliphatic rings. The largest absolute Gasteiger partial charge is 0.395 e. The van der Waals surface area contributed by atoms with E-state index < -0.39 is 0 Å². The highest BCUT2D eigenvalue weighted by molar-refractivity contribution is 5.92. The van der Waals surface area contributed by atoms with Crippen LogP contribution < -0.4 is 0 Å². The molecule has 1 fully saturated rings. The van der Waals surface area contributed by atoms with Crippen LogP contribution in [0.1, 0.15) is 23.3 Å². The zero-order valence-electron chi connectivity index (χ0n) is 7.68. The number of nitrogens with one attached hydrogen (secondary N) is 1. The molecule has 2 N–H and O–H groups in total. The van der Waals surface area contributed by atoms with Crippen LogP contribution in [-0.4, -0.2) is 50.5 Å². The van der Waals surface area contributed by atoms with Crippen LogP contribution in [-0.2, 0) is 0 Å². The van der Waals surface area contributed by atoms with E-state index in [1.54, 1.807) is 4.90 Å². The van der Waals surface area contributed by atoms with Crippen LogP contribution in [0.5, 0.6) is 0 Å². The first kappa shape index (κ1) is 9.14. The van der Waals surface area contributed by atoms with Gasteiger partial charge in [0.05, 0.1) is 12.8 Å². The molecule has 0 saturated heterocycles. The van der Waals surface area contributed by atoms with Gasteiger partial charge >= 0.3 is 0 Å². The third-order valence-corrected chi connectivity index (χ3v) is 2.22. The predicted octanol–water partition coefficient (Wildman–Crippen LogP) is -0.598. The topological polar surface area (TPSA) is 82.1 Å². The minimum atomic E-state index is -0.157. The summed E-state index contributed by atoms with van der Waals surface area (Å²) < 4.78 is 0. The molecule has 1 amide bonds. The van der Waals surface area contributed by atoms with Gasteiger partial charge in [0, 0.05) is 12.6 Å². The second kappa shape index (κ2) is 3.75. The molecule has 6 nitrogen and oxygen atoms in total. The maximum atomic E-state index is 11.8. The van der Waals surface area contributed by atoms with E-state index in [0.717, 1.165) is 12.8 Å². The molecule has 2 rings (SSSR count). The Bertz CT molecular complexity index is 307. The van der Waals surface area contributed by atoms with Gasteiger partial charge in [-0.05, 0) is 12.8 Å². The molecule has 0 radical (unpaired) electrons. The number of hydrogen-bond acceptors (Lipinski definition) is 4. The van der Waals surface area contributed by atoms with E-state index >= 15 is 0 Å². The maximum absolute atomic E-state index is 11.8. The minimum absolute atomic E-state index is 0.0138. The molecule has 0 aliphatic heterocycles. The summed E-state index contributed by atoms with van der Waals surface area (Å²) in [4.78, 5) is 13.4. The predicted molar refractivity (Wildman–Crippen MR) is 47.5 cm³/mol. The third-order valence-electron chi connectivity index (χ3n) is 2.22. The Balaban J connectivity index is 2.07. The van der Waals surface area contributed by atoms with Gasteiger partial charge in [-0.2, -0.15) is 15.4 Å². The summed E-state index contributed by atoms with van der Waals surface area (Å²) in [7, 11) is 0. The van der Waals surface area contributed by atoms with Crippen molar-refractivity contribution >= 4 is 5.91 Å². The van der Waals surface area contributed by atoms with E-state index in [4.69, 9.17) is 5.11 Å². The average molecular weight is 196 g/mol. The fourth-order valence-corrected chi connectivity index (χ4v) is 1.40. The molecule has 1 heterocycles. The summed E-state index contributed by atoms with van der Waals surface area (Å²) in [6, 6.07) is 0.284. The van der Waals surface area contributed by atoms with Gasteiger partial charge in [-0.1, -0.05) is 0 Å². The number of aliphatic hydroxyl groups is 1. The fourth-order valence-electron chi connectivity index (χ4n) is 1.40. The van der Waals surface area contributed by atoms with Crippen LogP contribution in [0.15, 0.2) is 6.20 Å². The van der Waals surface area contributed by atoms with Crippen molar-refractivity contribution in [1.82, 2.24) is 20.3 Å². The van der Waals surface area contributed by atoms with E-state index in [-0.39, 0.29) is 18.6 Å². The molecule has 0 spiro atoms. The average Bonchev–Trinajstić information content (AvgIpc) is 2.88. The lowest BCUT2D eigenvalue weighted by molar-refractivity contribution is 0.0701. The van der Waals surface area contributed by atoms with Crippen molar-refractivity contribution in [2.75, 3.05) is 13.2 Å². The Labute approximate surface area is 80.9 Å². The van der Waals surface area contributed by atoms with Crippen molar-refractivity contribution in [1.29, 1.82) is 0 Å². The summed E-state index contributed by atoms with van der Waals surface area (Å²) >= 11 is 0. The summed E-state index contributed by atoms with van der Waals surface area (Å²) in [6.45, 7) is 0.358. The first-order chi connectivity index (χ1) is 6.83. The van der Waals surface area contributed by atoms with Crippen molar-refractivity contribution in [3.63, 3.8) is 0 Å². The smallest absolute Gasteiger partial charge is 0.276 e. The van der Waals surface area contributed by atoms with Gasteiger partial charge in [-0.25, -0.2) is 0 Å². The van der Waals surface area contributed by atoms with Gasteiger partial charge in [-0.15, -0.1) is 0 Å². The zero-order chi connectivity index (χ0) is 9.97. The number of aromatic nitrogens is 3. The van der Waals surface area contributed by atoms with Gasteiger partial charge in [-0.3, -0.25) is 4.79 Å². The Morgan fingerprint density at radius 3 is 3.00 bits per heavy atom. The SMILES string of the molecule is O=C(c1cn[nH]n1)N(CCO)C1CC1. The molecule has 1 saturated carbocycles. The van der Waals surface area contributed by atoms with Crippen LogP contribution >= 0.6 is 0 Å². The Hall–Kier alpha value is -1.43. The quantitative estimate of drug-likeness (QED) is 0.673. The molecule has 0 unspecified atom stereocenters. The van der Waals surface area contributed by atoms with Gasteiger partial charge in [0.2, 0.25) is 0 Å². The maximum Gasteiger partial charge on any atom is 0.276 e. The summed E-state index contributed by atoms with van der Waals surface area (Å²) in [5.74, 6) is -0.157. The van der Waals surface area contributed by atoms with E-state index in [9.17, 15) is 4.79 Å². The van der Waals surface area contributed by atoms with Crippen molar-refractivity contribution in [2.45, 2.75) is 18.9 Å². The molecule has 1 aliphatic carbocycles. The van der Waals surface area contributed by atoms with Gasteiger partial charge in [0.1, 0.15) is 0 Å². The van der Waals surface area contributed by atoms with E-state index in [1.807, 2.05) is 0 Å². The van der Waals surface area contributed by atoms with Crippen LogP contribution in [0, 0.1) is 0 Å². The molecule has 0 aromatic carbocycles. The van der Waals surface area contributed by atoms with Crippen molar-refractivity contribution < 1.29 is 9.90 Å². The zero-order valence-corrected chi connectivity index (χ0v) is 7.68. The lowest BCUT2D eigenvalue weighted by atomic mass is 10.3. The molecule has 76 valence electrons. The molecule has 6 heteroatoms. The molecule has 1 aromatic rings. The lowest BCUT2D eigenvalue weighted by Crippen LogP contribution is -2.35. The van der Waals surface area contributed by atoms with Gasteiger partial charge in [0.25, 0.3) is 5.91 Å². The molecular weight excluding hydrogens is 184 g/mol. The third kappa shape index (κ3) is 1.74. The highest BCUT2D eigenvalue weighted by Crippen LogP contribution is 2.27. The summed E-state index contributed by atoms with van der Waals surface area (Å²) in [5.41, 5.74) is 0.311. The van der Waals surface area contributed by atoms with Crippen LogP contribution in [0.3, 0.4) is 0 Å². The Morgan fingerprint density at radius 2 is 2.50 bits per heavy atom. The molecule has 14 heavy (non-hydrogen) atoms. The number of aromatic amines is 1.